The first-order valence-electron chi connectivity index (χ1n) is 11.9. The van der Waals surface area contributed by atoms with Gasteiger partial charge in [-0.1, -0.05) is 19.1 Å². The Bertz CT molecular complexity index is 1330. The largest absolute Gasteiger partial charge is 0.489 e. The molecule has 1 aliphatic carbocycles. The molecule has 1 N–H and O–H groups in total. The molecule has 1 amide bonds. The van der Waals surface area contributed by atoms with Crippen LogP contribution in [-0.4, -0.2) is 22.8 Å². The summed E-state index contributed by atoms with van der Waals surface area (Å²) in [6.45, 7) is 4.19. The van der Waals surface area contributed by atoms with Crippen molar-refractivity contribution in [3.05, 3.63) is 76.5 Å². The van der Waals surface area contributed by atoms with Crippen molar-refractivity contribution in [3.63, 3.8) is 0 Å². The minimum absolute atomic E-state index is 0.0244. The fourth-order valence-electron chi connectivity index (χ4n) is 5.34. The average Bonchev–Trinajstić information content (AvgIpc) is 3.35. The SMILES string of the molecule is CCc1ccc(C(=O)C[C@@H]2[C@H]3Oc4ccc(Oc5ccnc6c5CCC(=O)N6)cc4[C@@H]23)cc1C. The molecule has 0 saturated heterocycles. The summed E-state index contributed by atoms with van der Waals surface area (Å²) in [6.07, 6.45) is 4.19. The summed E-state index contributed by atoms with van der Waals surface area (Å²) in [5, 5.41) is 2.81. The number of nitrogens with zero attached hydrogens (tertiary/aromatic N) is 1. The Morgan fingerprint density at radius 3 is 2.88 bits per heavy atom. The molecule has 0 radical (unpaired) electrons. The van der Waals surface area contributed by atoms with Crippen LogP contribution in [0.1, 0.15) is 58.3 Å². The molecule has 0 unspecified atom stereocenters. The Hall–Kier alpha value is -3.67. The van der Waals surface area contributed by atoms with E-state index in [9.17, 15) is 9.59 Å². The Morgan fingerprint density at radius 1 is 1.18 bits per heavy atom. The Labute approximate surface area is 198 Å². The maximum absolute atomic E-state index is 12.9. The molecule has 1 saturated carbocycles. The summed E-state index contributed by atoms with van der Waals surface area (Å²) in [5.74, 6) is 3.44. The molecule has 1 aromatic heterocycles. The second-order valence-electron chi connectivity index (χ2n) is 9.38. The quantitative estimate of drug-likeness (QED) is 0.506. The van der Waals surface area contributed by atoms with Crippen molar-refractivity contribution in [2.45, 2.75) is 51.6 Å². The van der Waals surface area contributed by atoms with E-state index in [-0.39, 0.29) is 29.6 Å². The fraction of sp³-hybridized carbons (Fsp3) is 0.321. The van der Waals surface area contributed by atoms with E-state index in [1.807, 2.05) is 36.4 Å². The molecule has 34 heavy (non-hydrogen) atoms. The van der Waals surface area contributed by atoms with Gasteiger partial charge in [-0.15, -0.1) is 0 Å². The van der Waals surface area contributed by atoms with Crippen LogP contribution in [0.2, 0.25) is 0 Å². The van der Waals surface area contributed by atoms with Gasteiger partial charge in [0, 0.05) is 47.6 Å². The Balaban J connectivity index is 1.18. The third-order valence-electron chi connectivity index (χ3n) is 7.27. The second kappa shape index (κ2) is 7.97. The van der Waals surface area contributed by atoms with E-state index in [1.165, 1.54) is 11.1 Å². The predicted molar refractivity (Wildman–Crippen MR) is 128 cm³/mol. The summed E-state index contributed by atoms with van der Waals surface area (Å²) >= 11 is 0. The maximum Gasteiger partial charge on any atom is 0.225 e. The second-order valence-corrected chi connectivity index (χ2v) is 9.38. The normalized spacial score (nSPS) is 21.6. The molecule has 2 aromatic carbocycles. The number of Topliss-reactive ketones (excluding diaryl/α,β-unsaturated/α-hetero) is 1. The van der Waals surface area contributed by atoms with Crippen LogP contribution < -0.4 is 14.8 Å². The van der Waals surface area contributed by atoms with Crippen molar-refractivity contribution in [1.29, 1.82) is 0 Å². The number of nitrogens with one attached hydrogen (secondary N) is 1. The molecule has 6 nitrogen and oxygen atoms in total. The molecule has 172 valence electrons. The highest BCUT2D eigenvalue weighted by molar-refractivity contribution is 5.97. The van der Waals surface area contributed by atoms with Crippen molar-refractivity contribution in [1.82, 2.24) is 4.98 Å². The summed E-state index contributed by atoms with van der Waals surface area (Å²) in [5.41, 5.74) is 5.25. The lowest BCUT2D eigenvalue weighted by Crippen LogP contribution is -2.20. The Kier molecular flexibility index (Phi) is 4.90. The van der Waals surface area contributed by atoms with Crippen LogP contribution >= 0.6 is 0 Å². The summed E-state index contributed by atoms with van der Waals surface area (Å²) in [6, 6.07) is 13.7. The highest BCUT2D eigenvalue weighted by Crippen LogP contribution is 2.60. The minimum Gasteiger partial charge on any atom is -0.489 e. The van der Waals surface area contributed by atoms with Gasteiger partial charge in [-0.3, -0.25) is 9.59 Å². The summed E-state index contributed by atoms with van der Waals surface area (Å²) in [4.78, 5) is 28.9. The zero-order valence-corrected chi connectivity index (χ0v) is 19.3. The van der Waals surface area contributed by atoms with Crippen molar-refractivity contribution in [2.24, 2.45) is 5.92 Å². The van der Waals surface area contributed by atoms with Gasteiger partial charge in [0.1, 0.15) is 29.2 Å². The van der Waals surface area contributed by atoms with Gasteiger partial charge in [0.25, 0.3) is 0 Å². The molecule has 3 heterocycles. The third-order valence-corrected chi connectivity index (χ3v) is 7.27. The Morgan fingerprint density at radius 2 is 2.06 bits per heavy atom. The number of ketones is 1. The number of amides is 1. The number of fused-ring (bicyclic) bond motifs is 4. The van der Waals surface area contributed by atoms with Crippen molar-refractivity contribution >= 4 is 17.5 Å². The molecule has 2 aliphatic heterocycles. The molecule has 3 aromatic rings. The van der Waals surface area contributed by atoms with E-state index in [4.69, 9.17) is 9.47 Å². The van der Waals surface area contributed by atoms with E-state index < -0.39 is 0 Å². The van der Waals surface area contributed by atoms with E-state index >= 15 is 0 Å². The maximum atomic E-state index is 12.9. The fourth-order valence-corrected chi connectivity index (χ4v) is 5.34. The van der Waals surface area contributed by atoms with Gasteiger partial charge in [0.2, 0.25) is 5.91 Å². The van der Waals surface area contributed by atoms with Gasteiger partial charge in [-0.05, 0) is 61.2 Å². The first-order chi connectivity index (χ1) is 16.5. The van der Waals surface area contributed by atoms with Crippen LogP contribution in [0.4, 0.5) is 5.82 Å². The third kappa shape index (κ3) is 3.54. The molecule has 0 spiro atoms. The highest BCUT2D eigenvalue weighted by Gasteiger charge is 2.59. The summed E-state index contributed by atoms with van der Waals surface area (Å²) in [7, 11) is 0. The number of pyridine rings is 1. The van der Waals surface area contributed by atoms with E-state index in [0.717, 1.165) is 34.6 Å². The number of benzene rings is 2. The number of anilines is 1. The molecule has 3 atom stereocenters. The lowest BCUT2D eigenvalue weighted by atomic mass is 9.97. The molecule has 1 fully saturated rings. The van der Waals surface area contributed by atoms with E-state index in [0.29, 0.717) is 30.8 Å². The lowest BCUT2D eigenvalue weighted by Gasteiger charge is -2.19. The van der Waals surface area contributed by atoms with Crippen molar-refractivity contribution < 1.29 is 19.1 Å². The minimum atomic E-state index is -0.0244. The number of aromatic nitrogens is 1. The van der Waals surface area contributed by atoms with Gasteiger partial charge in [0.05, 0.1) is 0 Å². The van der Waals surface area contributed by atoms with Gasteiger partial charge in [-0.25, -0.2) is 4.98 Å². The number of rotatable bonds is 6. The number of carbonyl (C=O) groups excluding carboxylic acids is 2. The average molecular weight is 455 g/mol. The van der Waals surface area contributed by atoms with Crippen LogP contribution in [0.3, 0.4) is 0 Å². The van der Waals surface area contributed by atoms with E-state index in [1.54, 1.807) is 6.20 Å². The number of hydrogen-bond acceptors (Lipinski definition) is 5. The van der Waals surface area contributed by atoms with Gasteiger partial charge in [-0.2, -0.15) is 0 Å². The van der Waals surface area contributed by atoms with Gasteiger partial charge >= 0.3 is 0 Å². The van der Waals surface area contributed by atoms with Gasteiger partial charge < -0.3 is 14.8 Å². The topological polar surface area (TPSA) is 77.5 Å². The summed E-state index contributed by atoms with van der Waals surface area (Å²) < 4.78 is 12.3. The first kappa shape index (κ1) is 20.9. The van der Waals surface area contributed by atoms with E-state index in [2.05, 4.69) is 30.2 Å². The lowest BCUT2D eigenvalue weighted by molar-refractivity contribution is -0.116. The molecule has 6 heteroatoms. The molecular weight excluding hydrogens is 428 g/mol. The van der Waals surface area contributed by atoms with Crippen LogP contribution in [0, 0.1) is 12.8 Å². The number of aryl methyl sites for hydroxylation is 2. The zero-order chi connectivity index (χ0) is 23.4. The van der Waals surface area contributed by atoms with Crippen molar-refractivity contribution in [3.8, 4) is 17.2 Å². The van der Waals surface area contributed by atoms with Gasteiger partial charge in [0.15, 0.2) is 5.78 Å². The standard InChI is InChI=1S/C28H26N2O4/c1-3-16-4-5-17(12-15(16)2)22(31)14-21-26-20-13-18(6-8-23(20)34-27(21)26)33-24-10-11-29-28-19(24)7-9-25(32)30-28/h4-6,8,10-13,21,26-27H,3,7,9,14H2,1-2H3,(H,29,30,32)/t21-,26-,27+/m0/s1. The number of hydrogen-bond donors (Lipinski definition) is 1. The number of ether oxygens (including phenoxy) is 2. The smallest absolute Gasteiger partial charge is 0.225 e. The highest BCUT2D eigenvalue weighted by atomic mass is 16.5. The molecule has 0 bridgehead atoms. The number of carbonyl (C=O) groups is 2. The molecule has 3 aliphatic rings. The van der Waals surface area contributed by atoms with Crippen LogP contribution in [0.25, 0.3) is 0 Å². The van der Waals surface area contributed by atoms with Crippen LogP contribution in [0.5, 0.6) is 17.2 Å². The molecular formula is C28H26N2O4. The zero-order valence-electron chi connectivity index (χ0n) is 19.3. The van der Waals surface area contributed by atoms with Crippen LogP contribution in [-0.2, 0) is 17.6 Å². The monoisotopic (exact) mass is 454 g/mol. The predicted octanol–water partition coefficient (Wildman–Crippen LogP) is 5.38. The molecule has 6 rings (SSSR count). The van der Waals surface area contributed by atoms with Crippen LogP contribution in [0.15, 0.2) is 48.7 Å². The first-order valence-corrected chi connectivity index (χ1v) is 11.9. The van der Waals surface area contributed by atoms with Crippen molar-refractivity contribution in [2.75, 3.05) is 5.32 Å².